The van der Waals surface area contributed by atoms with Crippen LogP contribution in [0, 0.1) is 6.92 Å². The zero-order valence-corrected chi connectivity index (χ0v) is 15.2. The number of rotatable bonds is 5. The molecule has 8 heteroatoms. The minimum absolute atomic E-state index is 0.168. The van der Waals surface area contributed by atoms with E-state index >= 15 is 0 Å². The second-order valence-corrected chi connectivity index (χ2v) is 5.90. The molecule has 0 aliphatic heterocycles. The molecule has 3 aromatic rings. The highest BCUT2D eigenvalue weighted by Crippen LogP contribution is 2.27. The molecule has 0 fully saturated rings. The van der Waals surface area contributed by atoms with Crippen molar-refractivity contribution in [3.8, 4) is 11.3 Å². The van der Waals surface area contributed by atoms with E-state index in [1.807, 2.05) is 0 Å². The van der Waals surface area contributed by atoms with Crippen molar-refractivity contribution in [2.24, 2.45) is 5.10 Å². The van der Waals surface area contributed by atoms with Crippen LogP contribution in [0.4, 0.5) is 0 Å². The molecule has 1 aromatic carbocycles. The molecule has 0 bridgehead atoms. The van der Waals surface area contributed by atoms with Crippen molar-refractivity contribution in [1.29, 1.82) is 0 Å². The van der Waals surface area contributed by atoms with E-state index in [-0.39, 0.29) is 16.3 Å². The monoisotopic (exact) mass is 386 g/mol. The van der Waals surface area contributed by atoms with Gasteiger partial charge in [0.2, 0.25) is 0 Å². The Morgan fingerprint density at radius 1 is 1.15 bits per heavy atom. The first-order chi connectivity index (χ1) is 13.0. The number of amides is 1. The van der Waals surface area contributed by atoms with Gasteiger partial charge in [0.1, 0.15) is 17.3 Å². The average molecular weight is 387 g/mol. The van der Waals surface area contributed by atoms with Crippen LogP contribution in [0.2, 0.25) is 5.02 Å². The topological polar surface area (TPSA) is 94.0 Å². The third-order valence-electron chi connectivity index (χ3n) is 3.61. The molecular formula is C19H15ClN2O5. The second-order valence-electron chi connectivity index (χ2n) is 5.50. The highest BCUT2D eigenvalue weighted by atomic mass is 35.5. The normalized spacial score (nSPS) is 10.9. The van der Waals surface area contributed by atoms with Gasteiger partial charge in [0.05, 0.1) is 23.9 Å². The number of carbonyl (C=O) groups excluding carboxylic acids is 2. The molecule has 3 rings (SSSR count). The molecule has 0 radical (unpaired) electrons. The molecule has 27 heavy (non-hydrogen) atoms. The molecule has 0 aliphatic carbocycles. The van der Waals surface area contributed by atoms with Gasteiger partial charge in [0.25, 0.3) is 0 Å². The van der Waals surface area contributed by atoms with Crippen LogP contribution in [-0.4, -0.2) is 25.2 Å². The summed E-state index contributed by atoms with van der Waals surface area (Å²) in [6.45, 7) is 1.74. The van der Waals surface area contributed by atoms with Gasteiger partial charge in [-0.15, -0.1) is 0 Å². The standard InChI is InChI=1S/C19H15ClN2O5/c1-11-3-7-17(26-11)18(23)22-21-10-13-5-8-16(27-13)12-4-6-15(20)14(9-12)19(24)25-2/h3-10H,1-2H3,(H,22,23)/b21-10-. The van der Waals surface area contributed by atoms with Gasteiger partial charge in [-0.1, -0.05) is 11.6 Å². The van der Waals surface area contributed by atoms with E-state index in [1.54, 1.807) is 49.4 Å². The summed E-state index contributed by atoms with van der Waals surface area (Å²) in [7, 11) is 1.28. The largest absolute Gasteiger partial charge is 0.465 e. The maximum Gasteiger partial charge on any atom is 0.339 e. The molecule has 7 nitrogen and oxygen atoms in total. The van der Waals surface area contributed by atoms with E-state index in [4.69, 9.17) is 25.2 Å². The fourth-order valence-corrected chi connectivity index (χ4v) is 2.48. The molecule has 0 saturated carbocycles. The van der Waals surface area contributed by atoms with Crippen molar-refractivity contribution in [3.05, 3.63) is 70.3 Å². The van der Waals surface area contributed by atoms with Crippen molar-refractivity contribution in [1.82, 2.24) is 5.43 Å². The molecular weight excluding hydrogens is 372 g/mol. The number of nitrogens with zero attached hydrogens (tertiary/aromatic N) is 1. The fourth-order valence-electron chi connectivity index (χ4n) is 2.29. The maximum absolute atomic E-state index is 11.8. The number of hydrogen-bond donors (Lipinski definition) is 1. The number of aryl methyl sites for hydroxylation is 1. The van der Waals surface area contributed by atoms with Gasteiger partial charge in [-0.2, -0.15) is 5.10 Å². The first kappa shape index (κ1) is 18.5. The summed E-state index contributed by atoms with van der Waals surface area (Å²) in [5.41, 5.74) is 3.23. The Kier molecular flexibility index (Phi) is 5.42. The maximum atomic E-state index is 11.8. The lowest BCUT2D eigenvalue weighted by Crippen LogP contribution is -2.16. The summed E-state index contributed by atoms with van der Waals surface area (Å²) < 4.78 is 15.6. The number of furan rings is 2. The van der Waals surface area contributed by atoms with Gasteiger partial charge in [0.15, 0.2) is 5.76 Å². The molecule has 1 N–H and O–H groups in total. The summed E-state index contributed by atoms with van der Waals surface area (Å²) in [5, 5.41) is 4.12. The summed E-state index contributed by atoms with van der Waals surface area (Å²) in [6.07, 6.45) is 1.36. The third kappa shape index (κ3) is 4.27. The summed E-state index contributed by atoms with van der Waals surface area (Å²) in [6, 6.07) is 11.5. The lowest BCUT2D eigenvalue weighted by atomic mass is 10.1. The molecule has 2 heterocycles. The van der Waals surface area contributed by atoms with Gasteiger partial charge < -0.3 is 13.6 Å². The van der Waals surface area contributed by atoms with E-state index in [0.717, 1.165) is 0 Å². The van der Waals surface area contributed by atoms with E-state index < -0.39 is 11.9 Å². The zero-order valence-electron chi connectivity index (χ0n) is 14.5. The van der Waals surface area contributed by atoms with Crippen molar-refractivity contribution < 1.29 is 23.2 Å². The van der Waals surface area contributed by atoms with Crippen molar-refractivity contribution >= 4 is 29.7 Å². The van der Waals surface area contributed by atoms with E-state index in [2.05, 4.69) is 10.5 Å². The molecule has 0 aliphatic rings. The van der Waals surface area contributed by atoms with E-state index in [9.17, 15) is 9.59 Å². The van der Waals surface area contributed by atoms with Crippen LogP contribution in [0.25, 0.3) is 11.3 Å². The van der Waals surface area contributed by atoms with Gasteiger partial charge >= 0.3 is 11.9 Å². The average Bonchev–Trinajstić information content (AvgIpc) is 3.30. The van der Waals surface area contributed by atoms with Gasteiger partial charge in [-0.25, -0.2) is 10.2 Å². The van der Waals surface area contributed by atoms with Crippen LogP contribution in [0.5, 0.6) is 0 Å². The highest BCUT2D eigenvalue weighted by Gasteiger charge is 2.14. The predicted octanol–water partition coefficient (Wildman–Crippen LogP) is 4.05. The van der Waals surface area contributed by atoms with Crippen LogP contribution >= 0.6 is 11.6 Å². The molecule has 138 valence electrons. The fraction of sp³-hybridized carbons (Fsp3) is 0.105. The summed E-state index contributed by atoms with van der Waals surface area (Å²) in [4.78, 5) is 23.6. The number of methoxy groups -OCH3 is 1. The van der Waals surface area contributed by atoms with Crippen LogP contribution in [0.3, 0.4) is 0 Å². The number of benzene rings is 1. The third-order valence-corrected chi connectivity index (χ3v) is 3.93. The molecule has 0 spiro atoms. The second kappa shape index (κ2) is 7.92. The lowest BCUT2D eigenvalue weighted by molar-refractivity contribution is 0.0601. The molecule has 0 saturated heterocycles. The molecule has 2 aromatic heterocycles. The van der Waals surface area contributed by atoms with E-state index in [0.29, 0.717) is 22.8 Å². The number of nitrogens with one attached hydrogen (secondary N) is 1. The Labute approximate surface area is 159 Å². The van der Waals surface area contributed by atoms with Crippen molar-refractivity contribution in [2.45, 2.75) is 6.92 Å². The highest BCUT2D eigenvalue weighted by molar-refractivity contribution is 6.33. The summed E-state index contributed by atoms with van der Waals surface area (Å²) >= 11 is 6.01. The van der Waals surface area contributed by atoms with E-state index in [1.165, 1.54) is 13.3 Å². The number of ether oxygens (including phenoxy) is 1. The Bertz CT molecular complexity index is 1020. The van der Waals surface area contributed by atoms with Gasteiger partial charge in [0, 0.05) is 5.56 Å². The number of esters is 1. The van der Waals surface area contributed by atoms with Crippen LogP contribution in [-0.2, 0) is 4.74 Å². The SMILES string of the molecule is COC(=O)c1cc(-c2ccc(/C=N\NC(=O)c3ccc(C)o3)o2)ccc1Cl. The van der Waals surface area contributed by atoms with Crippen molar-refractivity contribution in [2.75, 3.05) is 7.11 Å². The summed E-state index contributed by atoms with van der Waals surface area (Å²) in [5.74, 6) is 0.717. The minimum Gasteiger partial charge on any atom is -0.465 e. The van der Waals surface area contributed by atoms with Gasteiger partial charge in [-0.05, 0) is 49.4 Å². The number of hydrazone groups is 1. The smallest absolute Gasteiger partial charge is 0.339 e. The molecule has 0 atom stereocenters. The van der Waals surface area contributed by atoms with Gasteiger partial charge in [-0.3, -0.25) is 4.79 Å². The Morgan fingerprint density at radius 2 is 1.96 bits per heavy atom. The number of carbonyl (C=O) groups is 2. The first-order valence-electron chi connectivity index (χ1n) is 7.86. The Balaban J connectivity index is 1.71. The first-order valence-corrected chi connectivity index (χ1v) is 8.23. The molecule has 0 unspecified atom stereocenters. The minimum atomic E-state index is -0.536. The zero-order chi connectivity index (χ0) is 19.4. The Morgan fingerprint density at radius 3 is 2.67 bits per heavy atom. The van der Waals surface area contributed by atoms with Crippen LogP contribution < -0.4 is 5.43 Å². The number of halogens is 1. The quantitative estimate of drug-likeness (QED) is 0.405. The van der Waals surface area contributed by atoms with Crippen LogP contribution in [0.15, 0.2) is 56.4 Å². The van der Waals surface area contributed by atoms with Crippen molar-refractivity contribution in [3.63, 3.8) is 0 Å². The number of hydrogen-bond acceptors (Lipinski definition) is 6. The molecule has 1 amide bonds. The Hall–Kier alpha value is -3.32. The lowest BCUT2D eigenvalue weighted by Gasteiger charge is -2.04. The predicted molar refractivity (Wildman–Crippen MR) is 99.0 cm³/mol. The van der Waals surface area contributed by atoms with Crippen LogP contribution in [0.1, 0.15) is 32.4 Å².